The average Bonchev–Trinajstić information content (AvgIpc) is 2.76. The number of fused-ring (bicyclic) bond motifs is 3. The van der Waals surface area contributed by atoms with E-state index in [1.807, 2.05) is 25.1 Å². The summed E-state index contributed by atoms with van der Waals surface area (Å²) in [6.07, 6.45) is 0. The Hall–Kier alpha value is -2.21. The lowest BCUT2D eigenvalue weighted by Gasteiger charge is -2.01. The van der Waals surface area contributed by atoms with Gasteiger partial charge in [0.15, 0.2) is 11.5 Å². The molecule has 1 aromatic carbocycles. The highest BCUT2D eigenvalue weighted by Gasteiger charge is 2.10. The molecule has 2 N–H and O–H groups in total. The minimum Gasteiger partial charge on any atom is -0.388 e. The fraction of sp³-hybridized carbons (Fsp3) is 0.182. The second kappa shape index (κ2) is 3.39. The fourth-order valence-corrected chi connectivity index (χ4v) is 1.92. The van der Waals surface area contributed by atoms with Crippen LogP contribution in [0.4, 0.5) is 0 Å². The highest BCUT2D eigenvalue weighted by Crippen LogP contribution is 2.17. The van der Waals surface area contributed by atoms with E-state index in [2.05, 4.69) is 15.1 Å². The molecule has 0 saturated heterocycles. The number of benzene rings is 1. The second-order valence-electron chi connectivity index (χ2n) is 3.85. The van der Waals surface area contributed by atoms with Crippen LogP contribution in [0.15, 0.2) is 23.0 Å². The fourth-order valence-electron chi connectivity index (χ4n) is 1.92. The third-order valence-corrected chi connectivity index (χ3v) is 2.73. The van der Waals surface area contributed by atoms with Gasteiger partial charge in [-0.3, -0.25) is 0 Å². The number of aliphatic hydroxyl groups excluding tert-OH is 1. The molecule has 17 heavy (non-hydrogen) atoms. The Morgan fingerprint density at radius 3 is 3.06 bits per heavy atom. The van der Waals surface area contributed by atoms with E-state index < -0.39 is 0 Å². The molecular formula is C11H10N4O2. The molecule has 6 nitrogen and oxygen atoms in total. The van der Waals surface area contributed by atoms with Crippen molar-refractivity contribution in [2.75, 3.05) is 0 Å². The number of aliphatic hydroxyl groups is 1. The van der Waals surface area contributed by atoms with Gasteiger partial charge in [0, 0.05) is 5.39 Å². The van der Waals surface area contributed by atoms with Crippen LogP contribution < -0.4 is 5.69 Å². The summed E-state index contributed by atoms with van der Waals surface area (Å²) in [4.78, 5) is 18.7. The number of aromatic nitrogens is 4. The van der Waals surface area contributed by atoms with Gasteiger partial charge in [0.05, 0.1) is 5.52 Å². The summed E-state index contributed by atoms with van der Waals surface area (Å²) in [5, 5.41) is 13.7. The van der Waals surface area contributed by atoms with Crippen molar-refractivity contribution < 1.29 is 5.11 Å². The van der Waals surface area contributed by atoms with Gasteiger partial charge in [0.2, 0.25) is 0 Å². The molecule has 2 heterocycles. The molecule has 0 amide bonds. The van der Waals surface area contributed by atoms with Crippen LogP contribution in [-0.2, 0) is 6.61 Å². The maximum absolute atomic E-state index is 11.8. The van der Waals surface area contributed by atoms with Gasteiger partial charge in [-0.05, 0) is 18.6 Å². The normalized spacial score (nSPS) is 11.4. The molecule has 2 aromatic heterocycles. The van der Waals surface area contributed by atoms with Crippen molar-refractivity contribution >= 4 is 16.6 Å². The number of hydrogen-bond acceptors (Lipinski definition) is 4. The molecule has 0 atom stereocenters. The standard InChI is InChI=1S/C11H10N4O2/c1-6-3-2-4-7-9(6)13-11(17)15-10(7)12-8(5-16)14-15/h2-4,16H,5H2,1H3,(H,13,17). The number of nitrogens with zero attached hydrogens (tertiary/aromatic N) is 3. The zero-order chi connectivity index (χ0) is 12.0. The topological polar surface area (TPSA) is 83.3 Å². The predicted octanol–water partition coefficient (Wildman–Crippen LogP) is 0.372. The Balaban J connectivity index is 2.59. The van der Waals surface area contributed by atoms with Crippen molar-refractivity contribution in [3.8, 4) is 0 Å². The molecule has 6 heteroatoms. The van der Waals surface area contributed by atoms with Crippen LogP contribution in [0.5, 0.6) is 0 Å². The molecule has 3 aromatic rings. The molecule has 0 saturated carbocycles. The second-order valence-corrected chi connectivity index (χ2v) is 3.85. The number of para-hydroxylation sites is 1. The van der Waals surface area contributed by atoms with Crippen molar-refractivity contribution in [1.29, 1.82) is 0 Å². The summed E-state index contributed by atoms with van der Waals surface area (Å²) < 4.78 is 1.17. The minimum atomic E-state index is -0.353. The number of hydrogen-bond donors (Lipinski definition) is 2. The van der Waals surface area contributed by atoms with Crippen LogP contribution in [0, 0.1) is 6.92 Å². The van der Waals surface area contributed by atoms with E-state index in [1.54, 1.807) is 0 Å². The predicted molar refractivity (Wildman–Crippen MR) is 61.8 cm³/mol. The van der Waals surface area contributed by atoms with Crippen LogP contribution >= 0.6 is 0 Å². The van der Waals surface area contributed by atoms with Gasteiger partial charge in [-0.1, -0.05) is 12.1 Å². The van der Waals surface area contributed by atoms with Crippen LogP contribution in [0.1, 0.15) is 11.4 Å². The van der Waals surface area contributed by atoms with E-state index >= 15 is 0 Å². The van der Waals surface area contributed by atoms with Crippen LogP contribution in [-0.4, -0.2) is 24.7 Å². The first-order chi connectivity index (χ1) is 8.20. The Labute approximate surface area is 95.5 Å². The summed E-state index contributed by atoms with van der Waals surface area (Å²) in [7, 11) is 0. The lowest BCUT2D eigenvalue weighted by atomic mass is 10.1. The van der Waals surface area contributed by atoms with Gasteiger partial charge in [-0.15, -0.1) is 5.10 Å². The average molecular weight is 230 g/mol. The number of aryl methyl sites for hydroxylation is 1. The smallest absolute Gasteiger partial charge is 0.348 e. The highest BCUT2D eigenvalue weighted by atomic mass is 16.3. The van der Waals surface area contributed by atoms with E-state index in [9.17, 15) is 4.79 Å². The lowest BCUT2D eigenvalue weighted by molar-refractivity contribution is 0.271. The molecule has 3 rings (SSSR count). The molecule has 86 valence electrons. The molecular weight excluding hydrogens is 220 g/mol. The molecule has 0 unspecified atom stereocenters. The molecule has 0 fully saturated rings. The monoisotopic (exact) mass is 230 g/mol. The van der Waals surface area contributed by atoms with Crippen LogP contribution in [0.2, 0.25) is 0 Å². The largest absolute Gasteiger partial charge is 0.388 e. The van der Waals surface area contributed by atoms with Gasteiger partial charge in [0.1, 0.15) is 6.61 Å². The first-order valence-corrected chi connectivity index (χ1v) is 5.19. The van der Waals surface area contributed by atoms with Crippen LogP contribution in [0.3, 0.4) is 0 Å². The molecule has 0 radical (unpaired) electrons. The summed E-state index contributed by atoms with van der Waals surface area (Å²) in [5.74, 6) is 0.240. The lowest BCUT2D eigenvalue weighted by Crippen LogP contribution is -2.17. The number of rotatable bonds is 1. The summed E-state index contributed by atoms with van der Waals surface area (Å²) >= 11 is 0. The zero-order valence-electron chi connectivity index (χ0n) is 9.14. The van der Waals surface area contributed by atoms with Gasteiger partial charge >= 0.3 is 5.69 Å². The first-order valence-electron chi connectivity index (χ1n) is 5.19. The Kier molecular flexibility index (Phi) is 1.99. The van der Waals surface area contributed by atoms with E-state index in [-0.39, 0.29) is 18.1 Å². The Morgan fingerprint density at radius 1 is 1.47 bits per heavy atom. The Bertz CT molecular complexity index is 772. The molecule has 0 aliphatic rings. The molecule has 0 aliphatic carbocycles. The van der Waals surface area contributed by atoms with Crippen molar-refractivity contribution in [3.63, 3.8) is 0 Å². The van der Waals surface area contributed by atoms with E-state index in [4.69, 9.17) is 5.11 Å². The molecule has 0 spiro atoms. The van der Waals surface area contributed by atoms with Crippen molar-refractivity contribution in [1.82, 2.24) is 19.6 Å². The molecule has 0 bridgehead atoms. The van der Waals surface area contributed by atoms with Gasteiger partial charge in [0.25, 0.3) is 0 Å². The number of nitrogens with one attached hydrogen (secondary N) is 1. The highest BCUT2D eigenvalue weighted by molar-refractivity contribution is 5.92. The summed E-state index contributed by atoms with van der Waals surface area (Å²) in [5.41, 5.74) is 1.84. The van der Waals surface area contributed by atoms with Crippen LogP contribution in [0.25, 0.3) is 16.6 Å². The van der Waals surface area contributed by atoms with Crippen molar-refractivity contribution in [3.05, 3.63) is 40.1 Å². The van der Waals surface area contributed by atoms with Crippen molar-refractivity contribution in [2.45, 2.75) is 13.5 Å². The van der Waals surface area contributed by atoms with E-state index in [0.29, 0.717) is 5.65 Å². The van der Waals surface area contributed by atoms with Gasteiger partial charge in [-0.2, -0.15) is 4.52 Å². The quantitative estimate of drug-likeness (QED) is 0.632. The molecule has 0 aliphatic heterocycles. The van der Waals surface area contributed by atoms with Gasteiger partial charge < -0.3 is 10.1 Å². The number of aromatic amines is 1. The Morgan fingerprint density at radius 2 is 2.29 bits per heavy atom. The summed E-state index contributed by atoms with van der Waals surface area (Å²) in [6.45, 7) is 1.63. The number of H-pyrrole nitrogens is 1. The zero-order valence-corrected chi connectivity index (χ0v) is 9.14. The van der Waals surface area contributed by atoms with E-state index in [0.717, 1.165) is 16.5 Å². The van der Waals surface area contributed by atoms with Gasteiger partial charge in [-0.25, -0.2) is 9.78 Å². The minimum absolute atomic E-state index is 0.240. The third kappa shape index (κ3) is 1.34. The third-order valence-electron chi connectivity index (χ3n) is 2.73. The maximum atomic E-state index is 11.8. The van der Waals surface area contributed by atoms with Crippen molar-refractivity contribution in [2.24, 2.45) is 0 Å². The van der Waals surface area contributed by atoms with E-state index in [1.165, 1.54) is 4.52 Å². The maximum Gasteiger partial charge on any atom is 0.348 e. The first kappa shape index (κ1) is 9.98. The summed E-state index contributed by atoms with van der Waals surface area (Å²) in [6, 6.07) is 5.67. The SMILES string of the molecule is Cc1cccc2c1[nH]c(=O)n1nc(CO)nc21.